The Morgan fingerprint density at radius 2 is 1.88 bits per heavy atom. The van der Waals surface area contributed by atoms with Crippen LogP contribution >= 0.6 is 27.5 Å². The van der Waals surface area contributed by atoms with Crippen molar-refractivity contribution in [3.63, 3.8) is 0 Å². The molecule has 1 aromatic rings. The first-order valence-corrected chi connectivity index (χ1v) is 6.17. The maximum absolute atomic E-state index is 13.3. The van der Waals surface area contributed by atoms with Crippen LogP contribution < -0.4 is 11.5 Å². The summed E-state index contributed by atoms with van der Waals surface area (Å²) in [5.41, 5.74) is 11.9. The molecule has 17 heavy (non-hydrogen) atoms. The normalized spacial score (nSPS) is 28.6. The van der Waals surface area contributed by atoms with Crippen LogP contribution in [0.3, 0.4) is 0 Å². The molecule has 0 bridgehead atoms. The van der Waals surface area contributed by atoms with Crippen molar-refractivity contribution < 1.29 is 4.39 Å². The predicted molar refractivity (Wildman–Crippen MR) is 71.1 cm³/mol. The minimum atomic E-state index is -0.979. The van der Waals surface area contributed by atoms with Gasteiger partial charge in [-0.05, 0) is 23.8 Å². The molecule has 0 heterocycles. The molecule has 90 valence electrons. The Balaban J connectivity index is 2.45. The molecule has 0 aromatic heterocycles. The monoisotopic (exact) mass is 316 g/mol. The quantitative estimate of drug-likeness (QED) is 0.837. The number of nitrogens with two attached hydrogens (primary N) is 2. The van der Waals surface area contributed by atoms with Crippen molar-refractivity contribution in [1.82, 2.24) is 0 Å². The summed E-state index contributed by atoms with van der Waals surface area (Å²) < 4.78 is 14.2. The number of hydrogen-bond donors (Lipinski definition) is 2. The third-order valence-electron chi connectivity index (χ3n) is 2.87. The molecule has 1 aliphatic carbocycles. The van der Waals surface area contributed by atoms with Gasteiger partial charge >= 0.3 is 0 Å². The lowest BCUT2D eigenvalue weighted by atomic mass is 9.81. The van der Waals surface area contributed by atoms with Crippen LogP contribution in [0.5, 0.6) is 0 Å². The SMILES string of the molecule is NC1C(Cl)=C(F)C=CC1(N)c1ccc(Br)cc1. The minimum Gasteiger partial charge on any atom is -0.321 e. The number of rotatable bonds is 1. The van der Waals surface area contributed by atoms with Gasteiger partial charge in [-0.2, -0.15) is 0 Å². The van der Waals surface area contributed by atoms with Crippen LogP contribution in [0.25, 0.3) is 0 Å². The largest absolute Gasteiger partial charge is 0.321 e. The summed E-state index contributed by atoms with van der Waals surface area (Å²) in [6, 6.07) is 6.60. The third kappa shape index (κ3) is 2.18. The van der Waals surface area contributed by atoms with E-state index in [1.54, 1.807) is 6.08 Å². The minimum absolute atomic E-state index is 0.0436. The Kier molecular flexibility index (Phi) is 3.41. The van der Waals surface area contributed by atoms with Crippen molar-refractivity contribution in [2.75, 3.05) is 0 Å². The van der Waals surface area contributed by atoms with Gasteiger partial charge in [-0.1, -0.05) is 45.7 Å². The molecule has 1 aromatic carbocycles. The zero-order valence-corrected chi connectivity index (χ0v) is 11.2. The van der Waals surface area contributed by atoms with Crippen molar-refractivity contribution in [2.45, 2.75) is 11.6 Å². The van der Waals surface area contributed by atoms with E-state index in [1.165, 1.54) is 6.08 Å². The smallest absolute Gasteiger partial charge is 0.139 e. The van der Waals surface area contributed by atoms with Crippen LogP contribution in [0.2, 0.25) is 0 Å². The zero-order valence-electron chi connectivity index (χ0n) is 8.83. The van der Waals surface area contributed by atoms with Crippen molar-refractivity contribution in [3.05, 3.63) is 57.3 Å². The van der Waals surface area contributed by atoms with Gasteiger partial charge in [0.1, 0.15) is 5.83 Å². The highest BCUT2D eigenvalue weighted by molar-refractivity contribution is 9.10. The Morgan fingerprint density at radius 3 is 2.47 bits per heavy atom. The molecule has 4 N–H and O–H groups in total. The second-order valence-electron chi connectivity index (χ2n) is 3.95. The van der Waals surface area contributed by atoms with Crippen LogP contribution in [0, 0.1) is 0 Å². The molecular weight excluding hydrogens is 307 g/mol. The van der Waals surface area contributed by atoms with Gasteiger partial charge in [0.05, 0.1) is 16.6 Å². The van der Waals surface area contributed by atoms with Crippen molar-refractivity contribution in [1.29, 1.82) is 0 Å². The fraction of sp³-hybridized carbons (Fsp3) is 0.167. The van der Waals surface area contributed by atoms with Crippen LogP contribution in [0.15, 0.2) is 51.7 Å². The van der Waals surface area contributed by atoms with E-state index in [9.17, 15) is 4.39 Å². The number of allylic oxidation sites excluding steroid dienone is 2. The molecule has 0 radical (unpaired) electrons. The predicted octanol–water partition coefficient (Wildman–Crippen LogP) is 2.92. The molecule has 0 saturated carbocycles. The van der Waals surface area contributed by atoms with E-state index in [4.69, 9.17) is 23.1 Å². The second-order valence-corrected chi connectivity index (χ2v) is 5.27. The van der Waals surface area contributed by atoms with Crippen molar-refractivity contribution in [3.8, 4) is 0 Å². The van der Waals surface area contributed by atoms with Crippen LogP contribution in [-0.4, -0.2) is 6.04 Å². The van der Waals surface area contributed by atoms with Crippen molar-refractivity contribution >= 4 is 27.5 Å². The van der Waals surface area contributed by atoms with E-state index in [0.717, 1.165) is 10.0 Å². The molecular formula is C12H11BrClFN2. The summed E-state index contributed by atoms with van der Waals surface area (Å²) >= 11 is 9.16. The standard InChI is InChI=1S/C12H11BrClFN2/c13-8-3-1-7(2-4-8)12(17)6-5-9(15)10(14)11(12)16/h1-6,11H,16-17H2. The van der Waals surface area contributed by atoms with Gasteiger partial charge in [-0.25, -0.2) is 4.39 Å². The summed E-state index contributed by atoms with van der Waals surface area (Å²) in [4.78, 5) is 0. The molecule has 2 atom stereocenters. The van der Waals surface area contributed by atoms with Gasteiger partial charge in [0.25, 0.3) is 0 Å². The van der Waals surface area contributed by atoms with E-state index < -0.39 is 17.4 Å². The molecule has 0 saturated heterocycles. The fourth-order valence-corrected chi connectivity index (χ4v) is 2.27. The number of hydrogen-bond acceptors (Lipinski definition) is 2. The van der Waals surface area contributed by atoms with E-state index >= 15 is 0 Å². The van der Waals surface area contributed by atoms with E-state index in [1.807, 2.05) is 24.3 Å². The fourth-order valence-electron chi connectivity index (χ4n) is 1.77. The molecule has 2 nitrogen and oxygen atoms in total. The maximum atomic E-state index is 13.3. The molecule has 0 spiro atoms. The van der Waals surface area contributed by atoms with E-state index in [0.29, 0.717) is 0 Å². The Bertz CT molecular complexity index is 498. The summed E-state index contributed by atoms with van der Waals surface area (Å²) in [7, 11) is 0. The Labute approximate surface area is 112 Å². The molecule has 2 rings (SSSR count). The highest BCUT2D eigenvalue weighted by Gasteiger charge is 2.37. The number of halogens is 3. The summed E-state index contributed by atoms with van der Waals surface area (Å²) in [5, 5.41) is -0.0436. The van der Waals surface area contributed by atoms with Gasteiger partial charge in [-0.3, -0.25) is 0 Å². The van der Waals surface area contributed by atoms with Crippen LogP contribution in [-0.2, 0) is 5.54 Å². The Hall–Kier alpha value is -0.680. The zero-order chi connectivity index (χ0) is 12.6. The summed E-state index contributed by atoms with van der Waals surface area (Å²) in [5.74, 6) is -0.530. The molecule has 0 fully saturated rings. The average Bonchev–Trinajstić information content (AvgIpc) is 2.33. The molecule has 5 heteroatoms. The lowest BCUT2D eigenvalue weighted by molar-refractivity contribution is 0.467. The lowest BCUT2D eigenvalue weighted by Gasteiger charge is -2.35. The first-order valence-electron chi connectivity index (χ1n) is 5.00. The first kappa shape index (κ1) is 12.8. The molecule has 1 aliphatic rings. The summed E-state index contributed by atoms with van der Waals surface area (Å²) in [6.45, 7) is 0. The second kappa shape index (κ2) is 4.53. The first-order chi connectivity index (χ1) is 7.95. The van der Waals surface area contributed by atoms with Crippen LogP contribution in [0.1, 0.15) is 5.56 Å². The highest BCUT2D eigenvalue weighted by atomic mass is 79.9. The van der Waals surface area contributed by atoms with E-state index in [2.05, 4.69) is 15.9 Å². The van der Waals surface area contributed by atoms with E-state index in [-0.39, 0.29) is 5.03 Å². The third-order valence-corrected chi connectivity index (χ3v) is 3.81. The molecule has 0 aliphatic heterocycles. The summed E-state index contributed by atoms with van der Waals surface area (Å²) in [6.07, 6.45) is 2.80. The Morgan fingerprint density at radius 1 is 1.29 bits per heavy atom. The average molecular weight is 318 g/mol. The maximum Gasteiger partial charge on any atom is 0.139 e. The van der Waals surface area contributed by atoms with Gasteiger partial charge in [0.2, 0.25) is 0 Å². The molecule has 0 amide bonds. The lowest BCUT2D eigenvalue weighted by Crippen LogP contribution is -2.52. The highest BCUT2D eigenvalue weighted by Crippen LogP contribution is 2.35. The van der Waals surface area contributed by atoms with Gasteiger partial charge in [0, 0.05) is 4.47 Å². The topological polar surface area (TPSA) is 52.0 Å². The number of benzene rings is 1. The van der Waals surface area contributed by atoms with Gasteiger partial charge in [-0.15, -0.1) is 0 Å². The van der Waals surface area contributed by atoms with Crippen molar-refractivity contribution in [2.24, 2.45) is 11.5 Å². The van der Waals surface area contributed by atoms with Crippen LogP contribution in [0.4, 0.5) is 4.39 Å². The van der Waals surface area contributed by atoms with Gasteiger partial charge < -0.3 is 11.5 Å². The molecule has 2 unspecified atom stereocenters. The van der Waals surface area contributed by atoms with Gasteiger partial charge in [0.15, 0.2) is 0 Å².